The molecule has 8 heteroatoms. The highest BCUT2D eigenvalue weighted by atomic mass is 16.5. The lowest BCUT2D eigenvalue weighted by Gasteiger charge is -2.43. The summed E-state index contributed by atoms with van der Waals surface area (Å²) < 4.78 is 5.24. The number of rotatable bonds is 5. The van der Waals surface area contributed by atoms with E-state index >= 15 is 0 Å². The molecule has 0 aromatic carbocycles. The first-order valence-corrected chi connectivity index (χ1v) is 9.27. The number of nitrogens with one attached hydrogen (secondary N) is 2. The van der Waals surface area contributed by atoms with E-state index < -0.39 is 5.54 Å². The molecule has 1 aromatic rings. The molecule has 26 heavy (non-hydrogen) atoms. The Kier molecular flexibility index (Phi) is 4.81. The molecule has 2 N–H and O–H groups in total. The SMILES string of the molecule is CNC(C)Cc1noc(CN2C(=O)NC3(CC(C)CC(C)(C)C3)C2=O)n1. The summed E-state index contributed by atoms with van der Waals surface area (Å²) in [5, 5.41) is 10.0. The summed E-state index contributed by atoms with van der Waals surface area (Å²) in [5.74, 6) is 1.05. The average Bonchev–Trinajstić information content (AvgIpc) is 3.04. The van der Waals surface area contributed by atoms with Crippen molar-refractivity contribution in [2.75, 3.05) is 7.05 Å². The van der Waals surface area contributed by atoms with Crippen molar-refractivity contribution >= 4 is 11.9 Å². The van der Waals surface area contributed by atoms with Gasteiger partial charge in [-0.3, -0.25) is 9.69 Å². The van der Waals surface area contributed by atoms with Gasteiger partial charge in [-0.25, -0.2) is 4.79 Å². The van der Waals surface area contributed by atoms with Gasteiger partial charge >= 0.3 is 6.03 Å². The lowest BCUT2D eigenvalue weighted by Crippen LogP contribution is -2.54. The molecule has 8 nitrogen and oxygen atoms in total. The molecule has 144 valence electrons. The van der Waals surface area contributed by atoms with E-state index in [-0.39, 0.29) is 35.8 Å². The summed E-state index contributed by atoms with van der Waals surface area (Å²) in [6, 6.07) is -0.158. The number of amides is 3. The van der Waals surface area contributed by atoms with Crippen LogP contribution in [0.2, 0.25) is 0 Å². The first-order chi connectivity index (χ1) is 12.1. The number of carbonyl (C=O) groups excluding carboxylic acids is 2. The second-order valence-electron chi connectivity index (χ2n) is 8.76. The molecule has 3 amide bonds. The Labute approximate surface area is 154 Å². The fourth-order valence-electron chi connectivity index (χ4n) is 4.60. The van der Waals surface area contributed by atoms with Crippen molar-refractivity contribution in [1.82, 2.24) is 25.7 Å². The number of hydrogen-bond donors (Lipinski definition) is 2. The lowest BCUT2D eigenvalue weighted by molar-refractivity contribution is -0.135. The third-order valence-corrected chi connectivity index (χ3v) is 5.41. The zero-order chi connectivity index (χ0) is 19.1. The smallest absolute Gasteiger partial charge is 0.325 e. The van der Waals surface area contributed by atoms with Crippen LogP contribution in [0.15, 0.2) is 4.52 Å². The molecular formula is C18H29N5O3. The van der Waals surface area contributed by atoms with Gasteiger partial charge in [0.25, 0.3) is 5.91 Å². The van der Waals surface area contributed by atoms with Gasteiger partial charge in [0.2, 0.25) is 5.89 Å². The molecule has 0 bridgehead atoms. The zero-order valence-electron chi connectivity index (χ0n) is 16.3. The highest BCUT2D eigenvalue weighted by Gasteiger charge is 2.56. The fourth-order valence-corrected chi connectivity index (χ4v) is 4.60. The van der Waals surface area contributed by atoms with Crippen LogP contribution in [0.1, 0.15) is 58.7 Å². The van der Waals surface area contributed by atoms with E-state index in [1.807, 2.05) is 14.0 Å². The predicted octanol–water partition coefficient (Wildman–Crippen LogP) is 1.86. The Morgan fingerprint density at radius 2 is 2.12 bits per heavy atom. The van der Waals surface area contributed by atoms with Gasteiger partial charge in [-0.05, 0) is 44.6 Å². The van der Waals surface area contributed by atoms with Gasteiger partial charge in [0.15, 0.2) is 5.82 Å². The number of aromatic nitrogens is 2. The Bertz CT molecular complexity index is 701. The molecule has 1 aliphatic heterocycles. The van der Waals surface area contributed by atoms with Gasteiger partial charge in [0, 0.05) is 12.5 Å². The largest absolute Gasteiger partial charge is 0.337 e. The monoisotopic (exact) mass is 363 g/mol. The third kappa shape index (κ3) is 3.60. The predicted molar refractivity (Wildman–Crippen MR) is 95.1 cm³/mol. The average molecular weight is 363 g/mol. The molecule has 1 aromatic heterocycles. The normalized spacial score (nSPS) is 29.3. The summed E-state index contributed by atoms with van der Waals surface area (Å²) in [6.45, 7) is 8.47. The standard InChI is InChI=1S/C18H29N5O3/c1-11-7-17(3,4)10-18(8-11)15(24)23(16(25)21-18)9-14-20-13(22-26-14)6-12(2)19-5/h11-12,19H,6-10H2,1-5H3,(H,21,25). The molecule has 2 aliphatic rings. The van der Waals surface area contributed by atoms with E-state index in [0.29, 0.717) is 31.0 Å². The third-order valence-electron chi connectivity index (χ3n) is 5.41. The topological polar surface area (TPSA) is 100 Å². The Morgan fingerprint density at radius 1 is 1.38 bits per heavy atom. The molecule has 3 unspecified atom stereocenters. The highest BCUT2D eigenvalue weighted by molar-refractivity contribution is 6.07. The summed E-state index contributed by atoms with van der Waals surface area (Å²) in [5.41, 5.74) is -0.792. The van der Waals surface area contributed by atoms with E-state index in [4.69, 9.17) is 4.52 Å². The van der Waals surface area contributed by atoms with Gasteiger partial charge in [0.05, 0.1) is 0 Å². The molecule has 0 radical (unpaired) electrons. The van der Waals surface area contributed by atoms with Crippen molar-refractivity contribution in [3.63, 3.8) is 0 Å². The second kappa shape index (κ2) is 6.64. The number of likely N-dealkylation sites (N-methyl/N-ethyl adjacent to an activating group) is 1. The van der Waals surface area contributed by atoms with E-state index in [2.05, 4.69) is 41.5 Å². The first-order valence-electron chi connectivity index (χ1n) is 9.27. The summed E-state index contributed by atoms with van der Waals surface area (Å²) in [6.07, 6.45) is 3.00. The fraction of sp³-hybridized carbons (Fsp3) is 0.778. The van der Waals surface area contributed by atoms with Gasteiger partial charge < -0.3 is 15.2 Å². The molecular weight excluding hydrogens is 334 g/mol. The van der Waals surface area contributed by atoms with Crippen LogP contribution in [0.4, 0.5) is 4.79 Å². The van der Waals surface area contributed by atoms with Gasteiger partial charge in [0.1, 0.15) is 12.1 Å². The Morgan fingerprint density at radius 3 is 2.77 bits per heavy atom. The van der Waals surface area contributed by atoms with Crippen molar-refractivity contribution in [3.05, 3.63) is 11.7 Å². The summed E-state index contributed by atoms with van der Waals surface area (Å²) >= 11 is 0. The van der Waals surface area contributed by atoms with Crippen LogP contribution in [0.5, 0.6) is 0 Å². The molecule has 1 spiro atoms. The first kappa shape index (κ1) is 18.8. The summed E-state index contributed by atoms with van der Waals surface area (Å²) in [7, 11) is 1.87. The van der Waals surface area contributed by atoms with Crippen LogP contribution < -0.4 is 10.6 Å². The van der Waals surface area contributed by atoms with Gasteiger partial charge in [-0.15, -0.1) is 0 Å². The quantitative estimate of drug-likeness (QED) is 0.775. The molecule has 2 fully saturated rings. The van der Waals surface area contributed by atoms with Gasteiger partial charge in [-0.2, -0.15) is 4.98 Å². The minimum absolute atomic E-state index is 0.0115. The van der Waals surface area contributed by atoms with Crippen LogP contribution >= 0.6 is 0 Å². The zero-order valence-corrected chi connectivity index (χ0v) is 16.3. The van der Waals surface area contributed by atoms with Crippen LogP contribution in [0.3, 0.4) is 0 Å². The highest BCUT2D eigenvalue weighted by Crippen LogP contribution is 2.46. The molecule has 3 atom stereocenters. The number of carbonyl (C=O) groups is 2. The maximum Gasteiger partial charge on any atom is 0.325 e. The van der Waals surface area contributed by atoms with Crippen LogP contribution in [-0.4, -0.2) is 45.6 Å². The van der Waals surface area contributed by atoms with Crippen molar-refractivity contribution < 1.29 is 14.1 Å². The van der Waals surface area contributed by atoms with Gasteiger partial charge in [-0.1, -0.05) is 25.9 Å². The number of urea groups is 1. The molecule has 2 heterocycles. The maximum absolute atomic E-state index is 13.1. The maximum atomic E-state index is 13.1. The Hall–Kier alpha value is -1.96. The lowest BCUT2D eigenvalue weighted by atomic mass is 9.64. The van der Waals surface area contributed by atoms with E-state index in [0.717, 1.165) is 6.42 Å². The minimum atomic E-state index is -0.804. The van der Waals surface area contributed by atoms with Crippen LogP contribution in [-0.2, 0) is 17.8 Å². The minimum Gasteiger partial charge on any atom is -0.337 e. The van der Waals surface area contributed by atoms with E-state index in [1.54, 1.807) is 0 Å². The van der Waals surface area contributed by atoms with E-state index in [1.165, 1.54) is 4.90 Å². The molecule has 3 rings (SSSR count). The molecule has 1 saturated carbocycles. The molecule has 1 aliphatic carbocycles. The van der Waals surface area contributed by atoms with Crippen LogP contribution in [0, 0.1) is 11.3 Å². The second-order valence-corrected chi connectivity index (χ2v) is 8.76. The van der Waals surface area contributed by atoms with Crippen molar-refractivity contribution in [1.29, 1.82) is 0 Å². The molecule has 1 saturated heterocycles. The van der Waals surface area contributed by atoms with Crippen molar-refractivity contribution in [2.24, 2.45) is 11.3 Å². The number of hydrogen-bond acceptors (Lipinski definition) is 6. The number of imide groups is 1. The van der Waals surface area contributed by atoms with Crippen molar-refractivity contribution in [2.45, 2.75) is 71.5 Å². The van der Waals surface area contributed by atoms with Crippen LogP contribution in [0.25, 0.3) is 0 Å². The Balaban J connectivity index is 1.74. The number of nitrogens with zero attached hydrogens (tertiary/aromatic N) is 3. The summed E-state index contributed by atoms with van der Waals surface area (Å²) in [4.78, 5) is 31.1. The van der Waals surface area contributed by atoms with E-state index in [9.17, 15) is 9.59 Å². The van der Waals surface area contributed by atoms with Crippen molar-refractivity contribution in [3.8, 4) is 0 Å².